The molecule has 1 heterocycles. The van der Waals surface area contributed by atoms with Crippen LogP contribution in [0.2, 0.25) is 0 Å². The fraction of sp³-hybridized carbons (Fsp3) is 0.227. The normalized spacial score (nSPS) is 18.1. The molecular weight excluding hydrogens is 342 g/mol. The van der Waals surface area contributed by atoms with E-state index in [4.69, 9.17) is 14.2 Å². The molecule has 0 spiro atoms. The van der Waals surface area contributed by atoms with Crippen molar-refractivity contribution in [2.75, 3.05) is 13.2 Å². The third-order valence-electron chi connectivity index (χ3n) is 4.49. The number of carbonyl (C=O) groups is 1. The van der Waals surface area contributed by atoms with Gasteiger partial charge < -0.3 is 19.5 Å². The molecular formula is C22H21NO4. The monoisotopic (exact) mass is 363 g/mol. The van der Waals surface area contributed by atoms with E-state index >= 15 is 0 Å². The van der Waals surface area contributed by atoms with Gasteiger partial charge in [-0.2, -0.15) is 0 Å². The van der Waals surface area contributed by atoms with Gasteiger partial charge in [0.25, 0.3) is 5.91 Å². The SMILES string of the molecule is CC1Oc2ccccc2OC1C(=O)NCCOc1ccc2ccccc2c1. The fourth-order valence-electron chi connectivity index (χ4n) is 3.11. The van der Waals surface area contributed by atoms with Gasteiger partial charge in [-0.3, -0.25) is 4.79 Å². The van der Waals surface area contributed by atoms with Crippen molar-refractivity contribution in [1.29, 1.82) is 0 Å². The average Bonchev–Trinajstić information content (AvgIpc) is 2.70. The number of hydrogen-bond donors (Lipinski definition) is 1. The number of para-hydroxylation sites is 2. The Kier molecular flexibility index (Phi) is 4.83. The lowest BCUT2D eigenvalue weighted by Crippen LogP contribution is -2.49. The minimum Gasteiger partial charge on any atom is -0.492 e. The van der Waals surface area contributed by atoms with Gasteiger partial charge in [0.2, 0.25) is 6.10 Å². The molecule has 0 fully saturated rings. The Morgan fingerprint density at radius 1 is 0.963 bits per heavy atom. The Hall–Kier alpha value is -3.21. The summed E-state index contributed by atoms with van der Waals surface area (Å²) in [6.45, 7) is 2.59. The van der Waals surface area contributed by atoms with Gasteiger partial charge in [-0.1, -0.05) is 42.5 Å². The predicted molar refractivity (Wildman–Crippen MR) is 103 cm³/mol. The van der Waals surface area contributed by atoms with Crippen LogP contribution in [0.15, 0.2) is 66.7 Å². The van der Waals surface area contributed by atoms with Gasteiger partial charge in [-0.05, 0) is 42.0 Å². The van der Waals surface area contributed by atoms with Crippen LogP contribution in [0.25, 0.3) is 10.8 Å². The molecule has 0 saturated heterocycles. The molecule has 2 unspecified atom stereocenters. The molecule has 3 aromatic carbocycles. The van der Waals surface area contributed by atoms with E-state index < -0.39 is 6.10 Å². The van der Waals surface area contributed by atoms with Gasteiger partial charge in [0.1, 0.15) is 18.5 Å². The van der Waals surface area contributed by atoms with E-state index in [-0.39, 0.29) is 12.0 Å². The highest BCUT2D eigenvalue weighted by molar-refractivity contribution is 5.84. The largest absolute Gasteiger partial charge is 0.492 e. The standard InChI is InChI=1S/C22H21NO4/c1-15-21(27-20-9-5-4-8-19(20)26-15)22(24)23-12-13-25-18-11-10-16-6-2-3-7-17(16)14-18/h2-11,14-15,21H,12-13H2,1H3,(H,23,24). The van der Waals surface area contributed by atoms with Gasteiger partial charge in [0, 0.05) is 0 Å². The second-order valence-electron chi connectivity index (χ2n) is 6.46. The molecule has 4 rings (SSSR count). The van der Waals surface area contributed by atoms with Crippen molar-refractivity contribution in [3.8, 4) is 17.2 Å². The minimum atomic E-state index is -0.680. The Morgan fingerprint density at radius 2 is 1.67 bits per heavy atom. The van der Waals surface area contributed by atoms with Crippen molar-refractivity contribution in [2.24, 2.45) is 0 Å². The molecule has 3 aromatic rings. The van der Waals surface area contributed by atoms with Gasteiger partial charge in [0.05, 0.1) is 6.54 Å². The molecule has 0 saturated carbocycles. The van der Waals surface area contributed by atoms with E-state index in [1.165, 1.54) is 5.39 Å². The molecule has 5 nitrogen and oxygen atoms in total. The van der Waals surface area contributed by atoms with Crippen LogP contribution in [0, 0.1) is 0 Å². The number of rotatable bonds is 5. The first-order chi connectivity index (χ1) is 13.2. The Morgan fingerprint density at radius 3 is 2.48 bits per heavy atom. The smallest absolute Gasteiger partial charge is 0.265 e. The van der Waals surface area contributed by atoms with Crippen LogP contribution in [0.1, 0.15) is 6.92 Å². The third-order valence-corrected chi connectivity index (χ3v) is 4.49. The number of hydrogen-bond acceptors (Lipinski definition) is 4. The van der Waals surface area contributed by atoms with E-state index in [1.54, 1.807) is 6.07 Å². The zero-order valence-corrected chi connectivity index (χ0v) is 15.1. The number of ether oxygens (including phenoxy) is 3. The van der Waals surface area contributed by atoms with E-state index in [0.717, 1.165) is 11.1 Å². The molecule has 0 aromatic heterocycles. The van der Waals surface area contributed by atoms with E-state index in [1.807, 2.05) is 61.5 Å². The number of amides is 1. The number of fused-ring (bicyclic) bond motifs is 2. The molecule has 1 aliphatic rings. The molecule has 0 radical (unpaired) electrons. The molecule has 0 aliphatic carbocycles. The number of carbonyl (C=O) groups excluding carboxylic acids is 1. The molecule has 2 atom stereocenters. The van der Waals surface area contributed by atoms with E-state index in [9.17, 15) is 4.79 Å². The lowest BCUT2D eigenvalue weighted by Gasteiger charge is -2.31. The van der Waals surface area contributed by atoms with Crippen LogP contribution in [-0.4, -0.2) is 31.3 Å². The topological polar surface area (TPSA) is 56.8 Å². The Labute approximate surface area is 157 Å². The van der Waals surface area contributed by atoms with Crippen molar-refractivity contribution >= 4 is 16.7 Å². The highest BCUT2D eigenvalue weighted by Gasteiger charge is 2.33. The van der Waals surface area contributed by atoms with Gasteiger partial charge in [-0.25, -0.2) is 0 Å². The molecule has 0 bridgehead atoms. The van der Waals surface area contributed by atoms with E-state index in [2.05, 4.69) is 11.4 Å². The third kappa shape index (κ3) is 3.82. The maximum atomic E-state index is 12.4. The summed E-state index contributed by atoms with van der Waals surface area (Å²) in [6, 6.07) is 21.4. The van der Waals surface area contributed by atoms with Crippen LogP contribution in [0.4, 0.5) is 0 Å². The first-order valence-corrected chi connectivity index (χ1v) is 9.02. The summed E-state index contributed by atoms with van der Waals surface area (Å²) in [7, 11) is 0. The molecule has 27 heavy (non-hydrogen) atoms. The van der Waals surface area contributed by atoms with Crippen LogP contribution in [0.5, 0.6) is 17.2 Å². The van der Waals surface area contributed by atoms with Gasteiger partial charge >= 0.3 is 0 Å². The number of nitrogens with one attached hydrogen (secondary N) is 1. The van der Waals surface area contributed by atoms with Crippen LogP contribution in [0.3, 0.4) is 0 Å². The molecule has 138 valence electrons. The van der Waals surface area contributed by atoms with Crippen molar-refractivity contribution < 1.29 is 19.0 Å². The van der Waals surface area contributed by atoms with Crippen molar-refractivity contribution in [2.45, 2.75) is 19.1 Å². The van der Waals surface area contributed by atoms with Crippen molar-refractivity contribution in [1.82, 2.24) is 5.32 Å². The lowest BCUT2D eigenvalue weighted by atomic mass is 10.1. The fourth-order valence-corrected chi connectivity index (χ4v) is 3.11. The quantitative estimate of drug-likeness (QED) is 0.704. The van der Waals surface area contributed by atoms with Crippen molar-refractivity contribution in [3.05, 3.63) is 66.7 Å². The maximum absolute atomic E-state index is 12.4. The number of benzene rings is 3. The lowest BCUT2D eigenvalue weighted by molar-refractivity contribution is -0.133. The Bertz CT molecular complexity index is 956. The molecule has 1 aliphatic heterocycles. The predicted octanol–water partition coefficient (Wildman–Crippen LogP) is 3.56. The van der Waals surface area contributed by atoms with Gasteiger partial charge in [-0.15, -0.1) is 0 Å². The zero-order chi connectivity index (χ0) is 18.6. The van der Waals surface area contributed by atoms with E-state index in [0.29, 0.717) is 24.7 Å². The first kappa shape index (κ1) is 17.2. The summed E-state index contributed by atoms with van der Waals surface area (Å²) in [5, 5.41) is 5.14. The van der Waals surface area contributed by atoms with Crippen LogP contribution in [-0.2, 0) is 4.79 Å². The summed E-state index contributed by atoms with van der Waals surface area (Å²) >= 11 is 0. The molecule has 5 heteroatoms. The maximum Gasteiger partial charge on any atom is 0.265 e. The highest BCUT2D eigenvalue weighted by atomic mass is 16.6. The summed E-state index contributed by atoms with van der Waals surface area (Å²) in [5.41, 5.74) is 0. The van der Waals surface area contributed by atoms with Crippen molar-refractivity contribution in [3.63, 3.8) is 0 Å². The summed E-state index contributed by atoms with van der Waals surface area (Å²) < 4.78 is 17.3. The first-order valence-electron chi connectivity index (χ1n) is 9.02. The molecule has 1 amide bonds. The van der Waals surface area contributed by atoms with Crippen LogP contribution >= 0.6 is 0 Å². The highest BCUT2D eigenvalue weighted by Crippen LogP contribution is 2.33. The summed E-state index contributed by atoms with van der Waals surface area (Å²) in [6.07, 6.45) is -1.04. The zero-order valence-electron chi connectivity index (χ0n) is 15.1. The summed E-state index contributed by atoms with van der Waals surface area (Å²) in [4.78, 5) is 12.4. The molecule has 1 N–H and O–H groups in total. The second-order valence-corrected chi connectivity index (χ2v) is 6.46. The average molecular weight is 363 g/mol. The second kappa shape index (κ2) is 7.58. The summed E-state index contributed by atoms with van der Waals surface area (Å²) in [5.74, 6) is 1.82. The minimum absolute atomic E-state index is 0.209. The van der Waals surface area contributed by atoms with Crippen LogP contribution < -0.4 is 19.5 Å². The Balaban J connectivity index is 1.29. The van der Waals surface area contributed by atoms with Gasteiger partial charge in [0.15, 0.2) is 11.5 Å².